The summed E-state index contributed by atoms with van der Waals surface area (Å²) in [7, 11) is 1.80. The van der Waals surface area contributed by atoms with Gasteiger partial charge < -0.3 is 10.5 Å². The van der Waals surface area contributed by atoms with Crippen LogP contribution in [0.4, 0.5) is 0 Å². The molecule has 0 spiro atoms. The molecule has 1 aromatic rings. The molecule has 106 valence electrons. The lowest BCUT2D eigenvalue weighted by Gasteiger charge is -2.38. The van der Waals surface area contributed by atoms with Crippen LogP contribution in [0.5, 0.6) is 0 Å². The van der Waals surface area contributed by atoms with E-state index in [1.54, 1.807) is 7.11 Å². The molecule has 2 N–H and O–H groups in total. The highest BCUT2D eigenvalue weighted by Gasteiger charge is 2.27. The van der Waals surface area contributed by atoms with Crippen molar-refractivity contribution in [3.05, 3.63) is 34.9 Å². The van der Waals surface area contributed by atoms with E-state index in [0.29, 0.717) is 18.7 Å². The summed E-state index contributed by atoms with van der Waals surface area (Å²) in [6, 6.07) is 7.23. The Kier molecular flexibility index (Phi) is 4.97. The summed E-state index contributed by atoms with van der Waals surface area (Å²) >= 11 is 0. The summed E-state index contributed by atoms with van der Waals surface area (Å²) in [5.74, 6) is 0. The number of aryl methyl sites for hydroxylation is 2. The Bertz CT molecular complexity index is 399. The number of benzene rings is 1. The molecule has 1 heterocycles. The molecule has 0 saturated carbocycles. The maximum Gasteiger partial charge on any atom is 0.0599 e. The van der Waals surface area contributed by atoms with Crippen molar-refractivity contribution in [1.29, 1.82) is 0 Å². The third-order valence-electron chi connectivity index (χ3n) is 4.06. The maximum atomic E-state index is 5.93. The summed E-state index contributed by atoms with van der Waals surface area (Å²) < 4.78 is 5.48. The zero-order valence-electron chi connectivity index (χ0n) is 12.4. The Morgan fingerprint density at radius 1 is 1.26 bits per heavy atom. The molecule has 2 atom stereocenters. The molecular weight excluding hydrogens is 236 g/mol. The van der Waals surface area contributed by atoms with Gasteiger partial charge in [-0.3, -0.25) is 4.90 Å². The number of methoxy groups -OCH3 is 1. The van der Waals surface area contributed by atoms with Gasteiger partial charge in [0.1, 0.15) is 0 Å². The topological polar surface area (TPSA) is 38.5 Å². The molecule has 0 bridgehead atoms. The van der Waals surface area contributed by atoms with E-state index in [1.807, 2.05) is 0 Å². The summed E-state index contributed by atoms with van der Waals surface area (Å²) in [5, 5.41) is 0. The molecule has 0 aliphatic carbocycles. The average Bonchev–Trinajstić information content (AvgIpc) is 2.38. The molecule has 0 amide bonds. The number of hydrogen-bond donors (Lipinski definition) is 1. The SMILES string of the molecule is COC1CCN(Cc2cc(C)cc(C)c2)C(CN)C1. The number of nitrogens with two attached hydrogens (primary N) is 1. The molecule has 3 heteroatoms. The van der Waals surface area contributed by atoms with E-state index in [9.17, 15) is 0 Å². The molecular formula is C16H26N2O. The lowest BCUT2D eigenvalue weighted by atomic mass is 9.98. The summed E-state index contributed by atoms with van der Waals surface area (Å²) in [6.07, 6.45) is 2.54. The Labute approximate surface area is 116 Å². The zero-order valence-corrected chi connectivity index (χ0v) is 12.4. The molecule has 1 saturated heterocycles. The van der Waals surface area contributed by atoms with Crippen LogP contribution in [-0.4, -0.2) is 37.2 Å². The number of ether oxygens (including phenoxy) is 1. The molecule has 1 aliphatic heterocycles. The molecule has 2 rings (SSSR count). The van der Waals surface area contributed by atoms with Crippen molar-refractivity contribution in [3.63, 3.8) is 0 Å². The zero-order chi connectivity index (χ0) is 13.8. The van der Waals surface area contributed by atoms with E-state index >= 15 is 0 Å². The van der Waals surface area contributed by atoms with Crippen LogP contribution in [0.25, 0.3) is 0 Å². The first-order valence-electron chi connectivity index (χ1n) is 7.16. The van der Waals surface area contributed by atoms with Gasteiger partial charge in [0.15, 0.2) is 0 Å². The van der Waals surface area contributed by atoms with Gasteiger partial charge in [0.2, 0.25) is 0 Å². The molecule has 0 radical (unpaired) electrons. The minimum Gasteiger partial charge on any atom is -0.381 e. The van der Waals surface area contributed by atoms with Crippen LogP contribution in [0, 0.1) is 13.8 Å². The fourth-order valence-electron chi connectivity index (χ4n) is 3.13. The molecule has 3 nitrogen and oxygen atoms in total. The fourth-order valence-corrected chi connectivity index (χ4v) is 3.13. The summed E-state index contributed by atoms with van der Waals surface area (Å²) in [6.45, 7) is 7.11. The highest BCUT2D eigenvalue weighted by atomic mass is 16.5. The number of likely N-dealkylation sites (tertiary alicyclic amines) is 1. The standard InChI is InChI=1S/C16H26N2O/c1-12-6-13(2)8-14(7-12)11-18-5-4-16(19-3)9-15(18)10-17/h6-8,15-16H,4-5,9-11,17H2,1-3H3. The van der Waals surface area contributed by atoms with Crippen molar-refractivity contribution in [2.75, 3.05) is 20.2 Å². The highest BCUT2D eigenvalue weighted by Crippen LogP contribution is 2.22. The second-order valence-electron chi connectivity index (χ2n) is 5.74. The number of hydrogen-bond acceptors (Lipinski definition) is 3. The molecule has 19 heavy (non-hydrogen) atoms. The first kappa shape index (κ1) is 14.5. The van der Waals surface area contributed by atoms with E-state index in [2.05, 4.69) is 36.9 Å². The van der Waals surface area contributed by atoms with Crippen molar-refractivity contribution in [2.24, 2.45) is 5.73 Å². The van der Waals surface area contributed by atoms with Crippen molar-refractivity contribution < 1.29 is 4.74 Å². The maximum absolute atomic E-state index is 5.93. The first-order valence-corrected chi connectivity index (χ1v) is 7.16. The van der Waals surface area contributed by atoms with Crippen molar-refractivity contribution in [1.82, 2.24) is 4.90 Å². The van der Waals surface area contributed by atoms with Gasteiger partial charge in [-0.15, -0.1) is 0 Å². The van der Waals surface area contributed by atoms with Gasteiger partial charge in [-0.2, -0.15) is 0 Å². The number of rotatable bonds is 4. The van der Waals surface area contributed by atoms with Crippen LogP contribution in [0.3, 0.4) is 0 Å². The van der Waals surface area contributed by atoms with Crippen LogP contribution < -0.4 is 5.73 Å². The van der Waals surface area contributed by atoms with Crippen LogP contribution in [0.15, 0.2) is 18.2 Å². The van der Waals surface area contributed by atoms with Gasteiger partial charge in [-0.25, -0.2) is 0 Å². The van der Waals surface area contributed by atoms with Crippen molar-refractivity contribution >= 4 is 0 Å². The van der Waals surface area contributed by atoms with Crippen LogP contribution in [0.2, 0.25) is 0 Å². The first-order chi connectivity index (χ1) is 9.12. The van der Waals surface area contributed by atoms with E-state index in [0.717, 1.165) is 25.9 Å². The minimum atomic E-state index is 0.379. The van der Waals surface area contributed by atoms with Crippen molar-refractivity contribution in [2.45, 2.75) is 45.4 Å². The van der Waals surface area contributed by atoms with E-state index < -0.39 is 0 Å². The third-order valence-corrected chi connectivity index (χ3v) is 4.06. The van der Waals surface area contributed by atoms with E-state index in [1.165, 1.54) is 16.7 Å². The number of piperidine rings is 1. The highest BCUT2D eigenvalue weighted by molar-refractivity contribution is 5.28. The predicted molar refractivity (Wildman–Crippen MR) is 79.2 cm³/mol. The molecule has 2 unspecified atom stereocenters. The van der Waals surface area contributed by atoms with Gasteiger partial charge in [-0.1, -0.05) is 29.3 Å². The van der Waals surface area contributed by atoms with Crippen molar-refractivity contribution in [3.8, 4) is 0 Å². The van der Waals surface area contributed by atoms with Gasteiger partial charge in [0, 0.05) is 32.8 Å². The fraction of sp³-hybridized carbons (Fsp3) is 0.625. The Morgan fingerprint density at radius 2 is 1.95 bits per heavy atom. The van der Waals surface area contributed by atoms with Gasteiger partial charge >= 0.3 is 0 Å². The lowest BCUT2D eigenvalue weighted by molar-refractivity contribution is 0.0102. The van der Waals surface area contributed by atoms with E-state index in [4.69, 9.17) is 10.5 Å². The summed E-state index contributed by atoms with van der Waals surface area (Å²) in [4.78, 5) is 2.50. The number of nitrogens with zero attached hydrogens (tertiary/aromatic N) is 1. The second-order valence-corrected chi connectivity index (χ2v) is 5.74. The monoisotopic (exact) mass is 262 g/mol. The molecule has 1 fully saturated rings. The van der Waals surface area contributed by atoms with Gasteiger partial charge in [0.25, 0.3) is 0 Å². The minimum absolute atomic E-state index is 0.379. The Morgan fingerprint density at radius 3 is 2.53 bits per heavy atom. The smallest absolute Gasteiger partial charge is 0.0599 e. The van der Waals surface area contributed by atoms with Gasteiger partial charge in [0.05, 0.1) is 6.10 Å². The quantitative estimate of drug-likeness (QED) is 0.904. The molecule has 1 aliphatic rings. The van der Waals surface area contributed by atoms with Gasteiger partial charge in [-0.05, 0) is 32.3 Å². The second kappa shape index (κ2) is 6.51. The predicted octanol–water partition coefficient (Wildman–Crippen LogP) is 2.24. The van der Waals surface area contributed by atoms with Crippen LogP contribution >= 0.6 is 0 Å². The summed E-state index contributed by atoms with van der Waals surface area (Å²) in [5.41, 5.74) is 10.00. The van der Waals surface area contributed by atoms with Crippen LogP contribution in [0.1, 0.15) is 29.5 Å². The Hall–Kier alpha value is -0.900. The molecule has 0 aromatic heterocycles. The Balaban J connectivity index is 2.05. The van der Waals surface area contributed by atoms with Crippen LogP contribution in [-0.2, 0) is 11.3 Å². The average molecular weight is 262 g/mol. The van der Waals surface area contributed by atoms with E-state index in [-0.39, 0.29) is 0 Å². The third kappa shape index (κ3) is 3.78. The largest absolute Gasteiger partial charge is 0.381 e. The lowest BCUT2D eigenvalue weighted by Crippen LogP contribution is -2.47. The molecule has 1 aromatic carbocycles. The normalized spacial score (nSPS) is 24.6.